The van der Waals surface area contributed by atoms with E-state index in [9.17, 15) is 9.59 Å². The van der Waals surface area contributed by atoms with E-state index >= 15 is 0 Å². The molecule has 6 heteroatoms. The Kier molecular flexibility index (Phi) is 5.86. The zero-order valence-corrected chi connectivity index (χ0v) is 15.2. The molecule has 1 N–H and O–H groups in total. The number of carboxylic acid groups (broad SMARTS) is 1. The average molecular weight is 366 g/mol. The van der Waals surface area contributed by atoms with E-state index in [0.29, 0.717) is 12.8 Å². The summed E-state index contributed by atoms with van der Waals surface area (Å²) < 4.78 is 5.31. The molecule has 2 aromatic carbocycles. The predicted molar refractivity (Wildman–Crippen MR) is 102 cm³/mol. The molecule has 1 heterocycles. The first kappa shape index (κ1) is 18.6. The van der Waals surface area contributed by atoms with Gasteiger partial charge in [-0.05, 0) is 29.7 Å². The maximum atomic E-state index is 12.7. The average Bonchev–Trinajstić information content (AvgIpc) is 3.14. The molecular weight excluding hydrogens is 344 g/mol. The van der Waals surface area contributed by atoms with E-state index in [0.717, 1.165) is 22.6 Å². The molecule has 0 bridgehead atoms. The Morgan fingerprint density at radius 3 is 2.63 bits per heavy atom. The normalized spacial score (nSPS) is 16.1. The van der Waals surface area contributed by atoms with Crippen molar-refractivity contribution in [2.45, 2.75) is 31.7 Å². The lowest BCUT2D eigenvalue weighted by Crippen LogP contribution is -2.27. The number of rotatable bonds is 7. The standard InChI is InChI=1S/C21H22N2O4/c1-27-17-10-5-9-16(13-17)19-14-18(15-7-3-2-4-8-15)22-23(19)20(24)11-6-12-21(25)26/h2-5,7-10,13,19H,6,11-12,14H2,1H3,(H,25,26)/t19-/m0/s1. The number of amides is 1. The molecule has 0 aromatic heterocycles. The van der Waals surface area contributed by atoms with Gasteiger partial charge in [0.25, 0.3) is 0 Å². The second kappa shape index (κ2) is 8.49. The van der Waals surface area contributed by atoms with Crippen LogP contribution in [0.2, 0.25) is 0 Å². The quantitative estimate of drug-likeness (QED) is 0.811. The summed E-state index contributed by atoms with van der Waals surface area (Å²) in [4.78, 5) is 23.5. The van der Waals surface area contributed by atoms with Gasteiger partial charge in [0, 0.05) is 19.3 Å². The minimum absolute atomic E-state index is 0.0291. The molecule has 0 saturated heterocycles. The van der Waals surface area contributed by atoms with Crippen LogP contribution in [-0.2, 0) is 9.59 Å². The van der Waals surface area contributed by atoms with E-state index in [2.05, 4.69) is 5.10 Å². The maximum absolute atomic E-state index is 12.7. The van der Waals surface area contributed by atoms with E-state index in [-0.39, 0.29) is 24.8 Å². The second-order valence-corrected chi connectivity index (χ2v) is 6.39. The molecule has 1 aliphatic rings. The van der Waals surface area contributed by atoms with Crippen molar-refractivity contribution in [1.82, 2.24) is 5.01 Å². The van der Waals surface area contributed by atoms with Gasteiger partial charge in [0.2, 0.25) is 5.91 Å². The van der Waals surface area contributed by atoms with Gasteiger partial charge in [-0.3, -0.25) is 9.59 Å². The SMILES string of the molecule is COc1cccc([C@@H]2CC(c3ccccc3)=NN2C(=O)CCCC(=O)O)c1. The van der Waals surface area contributed by atoms with Gasteiger partial charge in [-0.2, -0.15) is 5.10 Å². The van der Waals surface area contributed by atoms with Crippen molar-refractivity contribution in [2.75, 3.05) is 7.11 Å². The van der Waals surface area contributed by atoms with Gasteiger partial charge >= 0.3 is 5.97 Å². The van der Waals surface area contributed by atoms with Crippen molar-refractivity contribution in [3.05, 3.63) is 65.7 Å². The van der Waals surface area contributed by atoms with Gasteiger partial charge in [-0.1, -0.05) is 42.5 Å². The maximum Gasteiger partial charge on any atom is 0.303 e. The van der Waals surface area contributed by atoms with Gasteiger partial charge in [0.1, 0.15) is 5.75 Å². The number of carbonyl (C=O) groups is 2. The van der Waals surface area contributed by atoms with Gasteiger partial charge in [-0.25, -0.2) is 5.01 Å². The van der Waals surface area contributed by atoms with Crippen LogP contribution in [0.4, 0.5) is 0 Å². The highest BCUT2D eigenvalue weighted by molar-refractivity contribution is 6.03. The fraction of sp³-hybridized carbons (Fsp3) is 0.286. The summed E-state index contributed by atoms with van der Waals surface area (Å²) in [5.41, 5.74) is 2.76. The van der Waals surface area contributed by atoms with E-state index in [1.54, 1.807) is 7.11 Å². The highest BCUT2D eigenvalue weighted by Gasteiger charge is 2.33. The smallest absolute Gasteiger partial charge is 0.303 e. The number of hydrogen-bond acceptors (Lipinski definition) is 4. The summed E-state index contributed by atoms with van der Waals surface area (Å²) in [6, 6.07) is 17.1. The predicted octanol–water partition coefficient (Wildman–Crippen LogP) is 3.63. The third-order valence-electron chi connectivity index (χ3n) is 4.53. The molecular formula is C21H22N2O4. The number of carbonyl (C=O) groups excluding carboxylic acids is 1. The number of methoxy groups -OCH3 is 1. The van der Waals surface area contributed by atoms with Crippen molar-refractivity contribution in [3.63, 3.8) is 0 Å². The van der Waals surface area contributed by atoms with Crippen LogP contribution >= 0.6 is 0 Å². The fourth-order valence-corrected chi connectivity index (χ4v) is 3.16. The lowest BCUT2D eigenvalue weighted by molar-refractivity contribution is -0.137. The molecule has 0 radical (unpaired) electrons. The Labute approximate surface area is 158 Å². The van der Waals surface area contributed by atoms with Gasteiger partial charge < -0.3 is 9.84 Å². The monoisotopic (exact) mass is 366 g/mol. The van der Waals surface area contributed by atoms with Crippen LogP contribution in [0.25, 0.3) is 0 Å². The van der Waals surface area contributed by atoms with E-state index in [1.807, 2.05) is 54.6 Å². The molecule has 2 aromatic rings. The van der Waals surface area contributed by atoms with Gasteiger partial charge in [-0.15, -0.1) is 0 Å². The summed E-state index contributed by atoms with van der Waals surface area (Å²) in [6.45, 7) is 0. The molecule has 6 nitrogen and oxygen atoms in total. The zero-order valence-electron chi connectivity index (χ0n) is 15.2. The van der Waals surface area contributed by atoms with Gasteiger partial charge in [0.15, 0.2) is 0 Å². The topological polar surface area (TPSA) is 79.2 Å². The molecule has 140 valence electrons. The molecule has 1 aliphatic heterocycles. The largest absolute Gasteiger partial charge is 0.497 e. The van der Waals surface area contributed by atoms with Crippen molar-refractivity contribution >= 4 is 17.6 Å². The fourth-order valence-electron chi connectivity index (χ4n) is 3.16. The Bertz CT molecular complexity index is 848. The molecule has 1 amide bonds. The molecule has 0 saturated carbocycles. The Balaban J connectivity index is 1.86. The molecule has 0 aliphatic carbocycles. The van der Waals surface area contributed by atoms with E-state index in [4.69, 9.17) is 9.84 Å². The van der Waals surface area contributed by atoms with E-state index in [1.165, 1.54) is 5.01 Å². The first-order valence-electron chi connectivity index (χ1n) is 8.89. The summed E-state index contributed by atoms with van der Waals surface area (Å²) in [5, 5.41) is 14.9. The Morgan fingerprint density at radius 2 is 1.93 bits per heavy atom. The van der Waals surface area contributed by atoms with Crippen LogP contribution in [0.3, 0.4) is 0 Å². The number of carboxylic acids is 1. The zero-order chi connectivity index (χ0) is 19.2. The van der Waals surface area contributed by atoms with Crippen LogP contribution in [0.1, 0.15) is 42.9 Å². The summed E-state index contributed by atoms with van der Waals surface area (Å²) >= 11 is 0. The number of hydrazone groups is 1. The third-order valence-corrected chi connectivity index (χ3v) is 4.53. The molecule has 1 atom stereocenters. The van der Waals surface area contributed by atoms with Crippen molar-refractivity contribution in [2.24, 2.45) is 5.10 Å². The number of ether oxygens (including phenoxy) is 1. The third kappa shape index (κ3) is 4.53. The summed E-state index contributed by atoms with van der Waals surface area (Å²) in [5.74, 6) is -0.351. The Morgan fingerprint density at radius 1 is 1.15 bits per heavy atom. The lowest BCUT2D eigenvalue weighted by Gasteiger charge is -2.22. The summed E-state index contributed by atoms with van der Waals surface area (Å²) in [6.07, 6.45) is 1.02. The second-order valence-electron chi connectivity index (χ2n) is 6.39. The van der Waals surface area contributed by atoms with E-state index < -0.39 is 5.97 Å². The minimum Gasteiger partial charge on any atom is -0.497 e. The van der Waals surface area contributed by atoms with Gasteiger partial charge in [0.05, 0.1) is 18.9 Å². The number of aliphatic carboxylic acids is 1. The number of hydrogen-bond donors (Lipinski definition) is 1. The lowest BCUT2D eigenvalue weighted by atomic mass is 9.98. The van der Waals surface area contributed by atoms with Crippen molar-refractivity contribution < 1.29 is 19.4 Å². The van der Waals surface area contributed by atoms with Crippen LogP contribution < -0.4 is 4.74 Å². The molecule has 3 rings (SSSR count). The number of nitrogens with zero attached hydrogens (tertiary/aromatic N) is 2. The van der Waals surface area contributed by atoms with Crippen LogP contribution in [-0.4, -0.2) is 34.8 Å². The highest BCUT2D eigenvalue weighted by atomic mass is 16.5. The van der Waals surface area contributed by atoms with Crippen molar-refractivity contribution in [1.29, 1.82) is 0 Å². The molecule has 0 spiro atoms. The minimum atomic E-state index is -0.901. The van der Waals surface area contributed by atoms with Crippen molar-refractivity contribution in [3.8, 4) is 5.75 Å². The highest BCUT2D eigenvalue weighted by Crippen LogP contribution is 2.34. The molecule has 0 unspecified atom stereocenters. The first-order chi connectivity index (χ1) is 13.1. The number of benzene rings is 2. The first-order valence-corrected chi connectivity index (χ1v) is 8.89. The summed E-state index contributed by atoms with van der Waals surface area (Å²) in [7, 11) is 1.61. The Hall–Kier alpha value is -3.15. The van der Waals surface area contributed by atoms with Crippen LogP contribution in [0, 0.1) is 0 Å². The van der Waals surface area contributed by atoms with Crippen LogP contribution in [0.5, 0.6) is 5.75 Å². The molecule has 0 fully saturated rings. The molecule has 27 heavy (non-hydrogen) atoms. The van der Waals surface area contributed by atoms with Crippen LogP contribution in [0.15, 0.2) is 59.7 Å².